The summed E-state index contributed by atoms with van der Waals surface area (Å²) in [6.07, 6.45) is 0.196. The number of anilines is 1. The Kier molecular flexibility index (Phi) is 4.52. The molecule has 0 aliphatic rings. The summed E-state index contributed by atoms with van der Waals surface area (Å²) in [4.78, 5) is 28.6. The van der Waals surface area contributed by atoms with Gasteiger partial charge in [0.25, 0.3) is 0 Å². The summed E-state index contributed by atoms with van der Waals surface area (Å²) in [5.41, 5.74) is 3.51. The number of hydrogen-bond donors (Lipinski definition) is 1. The fraction of sp³-hybridized carbons (Fsp3) is 0.211. The summed E-state index contributed by atoms with van der Waals surface area (Å²) in [6.45, 7) is 1.94. The number of nitrogens with one attached hydrogen (secondary N) is 1. The van der Waals surface area contributed by atoms with Crippen LogP contribution in [0.3, 0.4) is 0 Å². The minimum atomic E-state index is -0.485. The number of carbonyl (C=O) groups is 2. The van der Waals surface area contributed by atoms with Crippen LogP contribution in [0.1, 0.15) is 21.7 Å². The van der Waals surface area contributed by atoms with Gasteiger partial charge < -0.3 is 14.6 Å². The minimum Gasteiger partial charge on any atom is -0.465 e. The van der Waals surface area contributed by atoms with Gasteiger partial charge in [-0.15, -0.1) is 0 Å². The number of imidazole rings is 1. The van der Waals surface area contributed by atoms with Crippen molar-refractivity contribution in [3.8, 4) is 0 Å². The van der Waals surface area contributed by atoms with E-state index in [9.17, 15) is 9.59 Å². The molecule has 6 nitrogen and oxygen atoms in total. The lowest BCUT2D eigenvalue weighted by Gasteiger charge is -2.09. The Morgan fingerprint density at radius 2 is 1.96 bits per heavy atom. The number of hydrogen-bond acceptors (Lipinski definition) is 4. The van der Waals surface area contributed by atoms with Crippen LogP contribution in [0.15, 0.2) is 42.5 Å². The lowest BCUT2D eigenvalue weighted by atomic mass is 10.1. The number of carbonyl (C=O) groups excluding carboxylic acids is 2. The van der Waals surface area contributed by atoms with E-state index in [0.717, 1.165) is 22.4 Å². The van der Waals surface area contributed by atoms with Crippen LogP contribution in [0, 0.1) is 6.92 Å². The third-order valence-electron chi connectivity index (χ3n) is 4.14. The monoisotopic (exact) mass is 337 g/mol. The third kappa shape index (κ3) is 3.38. The molecular weight excluding hydrogens is 318 g/mol. The standard InChI is InChI=1S/C19H19N3O3/c1-12-20-16-10-13(8-9-17(16)22(12)2)11-18(23)21-15-7-5-4-6-14(15)19(24)25-3/h4-10H,11H2,1-3H3,(H,21,23). The number of nitrogens with zero attached hydrogens (tertiary/aromatic N) is 2. The van der Waals surface area contributed by atoms with Crippen LogP contribution >= 0.6 is 0 Å². The number of rotatable bonds is 4. The van der Waals surface area contributed by atoms with Gasteiger partial charge in [0.2, 0.25) is 5.91 Å². The molecule has 0 saturated carbocycles. The van der Waals surface area contributed by atoms with Crippen molar-refractivity contribution in [2.75, 3.05) is 12.4 Å². The number of ether oxygens (including phenoxy) is 1. The first-order chi connectivity index (χ1) is 12.0. The van der Waals surface area contributed by atoms with Crippen LogP contribution in [0.2, 0.25) is 0 Å². The molecule has 0 unspecified atom stereocenters. The summed E-state index contributed by atoms with van der Waals surface area (Å²) >= 11 is 0. The van der Waals surface area contributed by atoms with E-state index in [1.165, 1.54) is 7.11 Å². The van der Waals surface area contributed by atoms with Crippen LogP contribution in [0.25, 0.3) is 11.0 Å². The molecule has 25 heavy (non-hydrogen) atoms. The van der Waals surface area contributed by atoms with Crippen molar-refractivity contribution < 1.29 is 14.3 Å². The van der Waals surface area contributed by atoms with E-state index in [0.29, 0.717) is 11.3 Å². The van der Waals surface area contributed by atoms with E-state index < -0.39 is 5.97 Å². The van der Waals surface area contributed by atoms with Crippen molar-refractivity contribution >= 4 is 28.6 Å². The molecule has 2 aromatic carbocycles. The predicted octanol–water partition coefficient (Wildman–Crippen LogP) is 2.85. The first-order valence-corrected chi connectivity index (χ1v) is 7.88. The molecule has 0 radical (unpaired) electrons. The molecule has 0 fully saturated rings. The number of aryl methyl sites for hydroxylation is 2. The number of amides is 1. The third-order valence-corrected chi connectivity index (χ3v) is 4.14. The van der Waals surface area contributed by atoms with E-state index in [1.54, 1.807) is 24.3 Å². The van der Waals surface area contributed by atoms with Gasteiger partial charge in [0.15, 0.2) is 0 Å². The predicted molar refractivity (Wildman–Crippen MR) is 95.6 cm³/mol. The van der Waals surface area contributed by atoms with Crippen molar-refractivity contribution in [2.24, 2.45) is 7.05 Å². The summed E-state index contributed by atoms with van der Waals surface area (Å²) in [7, 11) is 3.27. The molecule has 128 valence electrons. The van der Waals surface area contributed by atoms with Crippen molar-refractivity contribution in [3.63, 3.8) is 0 Å². The van der Waals surface area contributed by atoms with Crippen molar-refractivity contribution in [1.82, 2.24) is 9.55 Å². The van der Waals surface area contributed by atoms with E-state index in [-0.39, 0.29) is 12.3 Å². The average Bonchev–Trinajstić information content (AvgIpc) is 2.88. The molecule has 0 saturated heterocycles. The molecule has 0 aliphatic heterocycles. The van der Waals surface area contributed by atoms with Gasteiger partial charge in [-0.1, -0.05) is 18.2 Å². The number of benzene rings is 2. The van der Waals surface area contributed by atoms with Crippen molar-refractivity contribution in [1.29, 1.82) is 0 Å². The Balaban J connectivity index is 1.78. The maximum absolute atomic E-state index is 12.4. The van der Waals surface area contributed by atoms with Gasteiger partial charge in [-0.2, -0.15) is 0 Å². The molecule has 0 bridgehead atoms. The highest BCUT2D eigenvalue weighted by Gasteiger charge is 2.14. The lowest BCUT2D eigenvalue weighted by molar-refractivity contribution is -0.115. The lowest BCUT2D eigenvalue weighted by Crippen LogP contribution is -2.17. The van der Waals surface area contributed by atoms with E-state index in [1.807, 2.05) is 36.7 Å². The normalized spacial score (nSPS) is 10.7. The van der Waals surface area contributed by atoms with Crippen LogP contribution < -0.4 is 5.32 Å². The Morgan fingerprint density at radius 1 is 1.20 bits per heavy atom. The van der Waals surface area contributed by atoms with Crippen LogP contribution in [0.4, 0.5) is 5.69 Å². The largest absolute Gasteiger partial charge is 0.465 e. The van der Waals surface area contributed by atoms with Crippen molar-refractivity contribution in [3.05, 3.63) is 59.4 Å². The molecular formula is C19H19N3O3. The van der Waals surface area contributed by atoms with Gasteiger partial charge in [-0.25, -0.2) is 9.78 Å². The van der Waals surface area contributed by atoms with Gasteiger partial charge >= 0.3 is 5.97 Å². The zero-order valence-electron chi connectivity index (χ0n) is 14.4. The summed E-state index contributed by atoms with van der Waals surface area (Å²) in [5.74, 6) is 0.230. The topological polar surface area (TPSA) is 73.2 Å². The molecule has 0 spiro atoms. The number of methoxy groups -OCH3 is 1. The molecule has 1 N–H and O–H groups in total. The van der Waals surface area contributed by atoms with E-state index in [2.05, 4.69) is 10.3 Å². The quantitative estimate of drug-likeness (QED) is 0.743. The molecule has 0 aliphatic carbocycles. The smallest absolute Gasteiger partial charge is 0.339 e. The van der Waals surface area contributed by atoms with Gasteiger partial charge in [-0.05, 0) is 36.8 Å². The number of esters is 1. The van der Waals surface area contributed by atoms with Crippen LogP contribution in [-0.2, 0) is 23.0 Å². The highest BCUT2D eigenvalue weighted by molar-refractivity contribution is 6.01. The fourth-order valence-electron chi connectivity index (χ4n) is 2.74. The average molecular weight is 337 g/mol. The maximum atomic E-state index is 12.4. The Hall–Kier alpha value is -3.15. The zero-order valence-corrected chi connectivity index (χ0v) is 14.4. The molecule has 3 rings (SSSR count). The van der Waals surface area contributed by atoms with E-state index in [4.69, 9.17) is 4.74 Å². The molecule has 1 heterocycles. The number of para-hydroxylation sites is 1. The Labute approximate surface area is 145 Å². The summed E-state index contributed by atoms with van der Waals surface area (Å²) in [5, 5.41) is 2.77. The Bertz CT molecular complexity index is 960. The summed E-state index contributed by atoms with van der Waals surface area (Å²) in [6, 6.07) is 12.5. The first kappa shape index (κ1) is 16.7. The highest BCUT2D eigenvalue weighted by atomic mass is 16.5. The van der Waals surface area contributed by atoms with Gasteiger partial charge in [0, 0.05) is 7.05 Å². The molecule has 0 atom stereocenters. The highest BCUT2D eigenvalue weighted by Crippen LogP contribution is 2.19. The molecule has 6 heteroatoms. The van der Waals surface area contributed by atoms with Crippen molar-refractivity contribution in [2.45, 2.75) is 13.3 Å². The van der Waals surface area contributed by atoms with Crippen LogP contribution in [0.5, 0.6) is 0 Å². The number of aromatic nitrogens is 2. The summed E-state index contributed by atoms with van der Waals surface area (Å²) < 4.78 is 6.74. The first-order valence-electron chi connectivity index (χ1n) is 7.88. The van der Waals surface area contributed by atoms with Gasteiger partial charge in [0.05, 0.1) is 35.8 Å². The number of fused-ring (bicyclic) bond motifs is 1. The molecule has 3 aromatic rings. The maximum Gasteiger partial charge on any atom is 0.339 e. The van der Waals surface area contributed by atoms with Gasteiger partial charge in [-0.3, -0.25) is 4.79 Å². The SMILES string of the molecule is COC(=O)c1ccccc1NC(=O)Cc1ccc2c(c1)nc(C)n2C. The molecule has 1 aromatic heterocycles. The van der Waals surface area contributed by atoms with Gasteiger partial charge in [0.1, 0.15) is 5.82 Å². The Morgan fingerprint density at radius 3 is 2.72 bits per heavy atom. The second-order valence-electron chi connectivity index (χ2n) is 5.80. The second kappa shape index (κ2) is 6.76. The minimum absolute atomic E-state index is 0.196. The van der Waals surface area contributed by atoms with E-state index >= 15 is 0 Å². The fourth-order valence-corrected chi connectivity index (χ4v) is 2.74. The molecule has 1 amide bonds. The second-order valence-corrected chi connectivity index (χ2v) is 5.80. The van der Waals surface area contributed by atoms with Crippen LogP contribution in [-0.4, -0.2) is 28.5 Å². The zero-order chi connectivity index (χ0) is 18.0.